The summed E-state index contributed by atoms with van der Waals surface area (Å²) in [4.78, 5) is 7.99. The first-order valence-corrected chi connectivity index (χ1v) is 5.82. The van der Waals surface area contributed by atoms with Gasteiger partial charge in [0.15, 0.2) is 0 Å². The van der Waals surface area contributed by atoms with Crippen LogP contribution in [0.5, 0.6) is 0 Å². The highest BCUT2D eigenvalue weighted by molar-refractivity contribution is 6.33. The van der Waals surface area contributed by atoms with Crippen LogP contribution in [0.1, 0.15) is 11.3 Å². The molecule has 0 radical (unpaired) electrons. The Morgan fingerprint density at radius 1 is 1.22 bits per heavy atom. The van der Waals surface area contributed by atoms with Crippen LogP contribution in [-0.4, -0.2) is 9.97 Å². The van der Waals surface area contributed by atoms with E-state index in [1.807, 2.05) is 13.0 Å². The summed E-state index contributed by atoms with van der Waals surface area (Å²) < 4.78 is 0. The van der Waals surface area contributed by atoms with Crippen LogP contribution < -0.4 is 5.32 Å². The molecule has 2 rings (SSSR count). The molecule has 4 nitrogen and oxygen atoms in total. The van der Waals surface area contributed by atoms with Crippen LogP contribution in [0.4, 0.5) is 11.5 Å². The summed E-state index contributed by atoms with van der Waals surface area (Å²) in [6, 6.07) is 8.72. The Labute approximate surface area is 114 Å². The monoisotopic (exact) mass is 278 g/mol. The largest absolute Gasteiger partial charge is 0.339 e. The fourth-order valence-corrected chi connectivity index (χ4v) is 1.81. The number of hydrogen-bond acceptors (Lipinski definition) is 4. The summed E-state index contributed by atoms with van der Waals surface area (Å²) in [6.07, 6.45) is 0. The molecule has 2 aromatic rings. The van der Waals surface area contributed by atoms with Gasteiger partial charge in [0.05, 0.1) is 22.3 Å². The minimum atomic E-state index is 0.157. The van der Waals surface area contributed by atoms with Gasteiger partial charge in [-0.15, -0.1) is 0 Å². The zero-order valence-electron chi connectivity index (χ0n) is 9.41. The summed E-state index contributed by atoms with van der Waals surface area (Å²) in [5.74, 6) is 0.532. The molecule has 90 valence electrons. The summed E-state index contributed by atoms with van der Waals surface area (Å²) in [5, 5.41) is 12.5. The molecule has 0 saturated heterocycles. The Bertz CT molecular complexity index is 614. The van der Waals surface area contributed by atoms with E-state index in [0.717, 1.165) is 5.69 Å². The first-order valence-electron chi connectivity index (χ1n) is 5.06. The van der Waals surface area contributed by atoms with Gasteiger partial charge in [-0.05, 0) is 36.7 Å². The molecule has 0 spiro atoms. The van der Waals surface area contributed by atoms with Gasteiger partial charge >= 0.3 is 0 Å². The molecule has 0 amide bonds. The number of benzene rings is 1. The fourth-order valence-electron chi connectivity index (χ4n) is 1.42. The van der Waals surface area contributed by atoms with E-state index in [1.165, 1.54) is 0 Å². The smallest absolute Gasteiger partial charge is 0.224 e. The van der Waals surface area contributed by atoms with Gasteiger partial charge in [0, 0.05) is 11.8 Å². The lowest BCUT2D eigenvalue weighted by Gasteiger charge is -2.08. The second-order valence-corrected chi connectivity index (χ2v) is 4.34. The average Bonchev–Trinajstić information content (AvgIpc) is 2.30. The van der Waals surface area contributed by atoms with Gasteiger partial charge in [0.25, 0.3) is 0 Å². The van der Waals surface area contributed by atoms with Gasteiger partial charge in [-0.2, -0.15) is 5.26 Å². The Balaban J connectivity index is 2.36. The molecular weight excluding hydrogens is 271 g/mol. The first-order chi connectivity index (χ1) is 8.58. The molecule has 1 heterocycles. The normalized spacial score (nSPS) is 9.89. The summed E-state index contributed by atoms with van der Waals surface area (Å²) in [7, 11) is 0. The van der Waals surface area contributed by atoms with Gasteiger partial charge in [-0.1, -0.05) is 11.6 Å². The molecule has 0 fully saturated rings. The van der Waals surface area contributed by atoms with Crippen molar-refractivity contribution >= 4 is 34.7 Å². The second-order valence-electron chi connectivity index (χ2n) is 3.60. The maximum absolute atomic E-state index is 8.84. The van der Waals surface area contributed by atoms with Crippen LogP contribution in [0.25, 0.3) is 0 Å². The molecule has 0 aliphatic heterocycles. The lowest BCUT2D eigenvalue weighted by atomic mass is 10.2. The third-order valence-electron chi connectivity index (χ3n) is 2.19. The summed E-state index contributed by atoms with van der Waals surface area (Å²) in [5.41, 5.74) is 1.86. The van der Waals surface area contributed by atoms with Crippen LogP contribution in [-0.2, 0) is 0 Å². The highest BCUT2D eigenvalue weighted by atomic mass is 35.5. The van der Waals surface area contributed by atoms with Gasteiger partial charge in [-0.3, -0.25) is 0 Å². The molecular formula is C12H8Cl2N4. The van der Waals surface area contributed by atoms with Crippen LogP contribution >= 0.6 is 23.2 Å². The maximum atomic E-state index is 8.84. The van der Waals surface area contributed by atoms with E-state index in [0.29, 0.717) is 22.1 Å². The lowest BCUT2D eigenvalue weighted by molar-refractivity contribution is 1.10. The standard InChI is InChI=1S/C12H8Cl2N4/c1-7-4-11(18-12(14)16-7)17-10-5-8(6-15)2-3-9(10)13/h2-5H,1H3,(H,16,17,18). The van der Waals surface area contributed by atoms with E-state index < -0.39 is 0 Å². The van der Waals surface area contributed by atoms with E-state index in [-0.39, 0.29) is 5.28 Å². The van der Waals surface area contributed by atoms with Crippen molar-refractivity contribution in [3.05, 3.63) is 45.8 Å². The van der Waals surface area contributed by atoms with E-state index in [1.54, 1.807) is 24.3 Å². The van der Waals surface area contributed by atoms with Crippen LogP contribution in [0, 0.1) is 18.3 Å². The van der Waals surface area contributed by atoms with Crippen LogP contribution in [0.3, 0.4) is 0 Å². The Morgan fingerprint density at radius 2 is 2.00 bits per heavy atom. The number of nitriles is 1. The van der Waals surface area contributed by atoms with Crippen molar-refractivity contribution in [1.29, 1.82) is 5.26 Å². The molecule has 0 aliphatic carbocycles. The predicted octanol–water partition coefficient (Wildman–Crippen LogP) is 3.71. The lowest BCUT2D eigenvalue weighted by Crippen LogP contribution is -1.97. The number of anilines is 2. The van der Waals surface area contributed by atoms with E-state index in [2.05, 4.69) is 15.3 Å². The van der Waals surface area contributed by atoms with Gasteiger partial charge in [0.1, 0.15) is 5.82 Å². The van der Waals surface area contributed by atoms with E-state index >= 15 is 0 Å². The highest BCUT2D eigenvalue weighted by Crippen LogP contribution is 2.26. The predicted molar refractivity (Wildman–Crippen MR) is 71.2 cm³/mol. The van der Waals surface area contributed by atoms with Crippen molar-refractivity contribution in [2.75, 3.05) is 5.32 Å². The minimum absolute atomic E-state index is 0.157. The molecule has 1 N–H and O–H groups in total. The Kier molecular flexibility index (Phi) is 3.66. The Morgan fingerprint density at radius 3 is 2.67 bits per heavy atom. The first kappa shape index (κ1) is 12.6. The third-order valence-corrected chi connectivity index (χ3v) is 2.68. The molecule has 0 atom stereocenters. The number of rotatable bonds is 2. The summed E-state index contributed by atoms with van der Waals surface area (Å²) >= 11 is 11.8. The maximum Gasteiger partial charge on any atom is 0.224 e. The van der Waals surface area contributed by atoms with Crippen molar-refractivity contribution in [1.82, 2.24) is 9.97 Å². The zero-order chi connectivity index (χ0) is 13.1. The number of hydrogen-bond donors (Lipinski definition) is 1. The number of nitrogens with zero attached hydrogens (tertiary/aromatic N) is 3. The number of aryl methyl sites for hydroxylation is 1. The van der Waals surface area contributed by atoms with Gasteiger partial charge in [0.2, 0.25) is 5.28 Å². The molecule has 1 aromatic heterocycles. The van der Waals surface area contributed by atoms with E-state index in [9.17, 15) is 0 Å². The molecule has 6 heteroatoms. The fraction of sp³-hybridized carbons (Fsp3) is 0.0833. The van der Waals surface area contributed by atoms with Crippen molar-refractivity contribution in [3.63, 3.8) is 0 Å². The third kappa shape index (κ3) is 2.89. The molecule has 18 heavy (non-hydrogen) atoms. The molecule has 1 aromatic carbocycles. The average molecular weight is 279 g/mol. The molecule has 0 unspecified atom stereocenters. The van der Waals surface area contributed by atoms with Crippen molar-refractivity contribution in [2.24, 2.45) is 0 Å². The van der Waals surface area contributed by atoms with Crippen molar-refractivity contribution < 1.29 is 0 Å². The number of aromatic nitrogens is 2. The van der Waals surface area contributed by atoms with Crippen molar-refractivity contribution in [3.8, 4) is 6.07 Å². The van der Waals surface area contributed by atoms with Gasteiger partial charge < -0.3 is 5.32 Å². The van der Waals surface area contributed by atoms with Crippen LogP contribution in [0.2, 0.25) is 10.3 Å². The number of halogens is 2. The quantitative estimate of drug-likeness (QED) is 0.851. The molecule has 0 bridgehead atoms. The highest BCUT2D eigenvalue weighted by Gasteiger charge is 2.05. The Hall–Kier alpha value is -1.83. The number of nitrogens with one attached hydrogen (secondary N) is 1. The van der Waals surface area contributed by atoms with Crippen molar-refractivity contribution in [2.45, 2.75) is 6.92 Å². The second kappa shape index (κ2) is 5.21. The molecule has 0 saturated carbocycles. The van der Waals surface area contributed by atoms with Gasteiger partial charge in [-0.25, -0.2) is 9.97 Å². The summed E-state index contributed by atoms with van der Waals surface area (Å²) in [6.45, 7) is 1.81. The van der Waals surface area contributed by atoms with E-state index in [4.69, 9.17) is 28.5 Å². The zero-order valence-corrected chi connectivity index (χ0v) is 10.9. The molecule has 0 aliphatic rings. The SMILES string of the molecule is Cc1cc(Nc2cc(C#N)ccc2Cl)nc(Cl)n1. The van der Waals surface area contributed by atoms with Crippen LogP contribution in [0.15, 0.2) is 24.3 Å². The topological polar surface area (TPSA) is 61.6 Å². The minimum Gasteiger partial charge on any atom is -0.339 e.